The molecule has 0 aliphatic heterocycles. The van der Waals surface area contributed by atoms with Crippen LogP contribution >= 0.6 is 23.2 Å². The summed E-state index contributed by atoms with van der Waals surface area (Å²) in [6.07, 6.45) is 0.655. The normalized spacial score (nSPS) is 12.9. The van der Waals surface area contributed by atoms with Crippen LogP contribution in [0.25, 0.3) is 0 Å². The smallest absolute Gasteiger partial charge is 0.158 e. The molecule has 0 saturated carbocycles. The number of benzene rings is 1. The maximum Gasteiger partial charge on any atom is 0.158 e. The van der Waals surface area contributed by atoms with Gasteiger partial charge in [-0.3, -0.25) is 0 Å². The molecule has 1 N–H and O–H groups in total. The molecule has 1 rings (SSSR count). The molecule has 5 heteroatoms. The highest BCUT2D eigenvalue weighted by molar-refractivity contribution is 6.35. The van der Waals surface area contributed by atoms with Gasteiger partial charge < -0.3 is 14.8 Å². The summed E-state index contributed by atoms with van der Waals surface area (Å²) >= 11 is 12.1. The number of rotatable bonds is 9. The van der Waals surface area contributed by atoms with Crippen LogP contribution in [0.4, 0.5) is 0 Å². The highest BCUT2D eigenvalue weighted by Crippen LogP contribution is 2.26. The molecule has 20 heavy (non-hydrogen) atoms. The second-order valence-electron chi connectivity index (χ2n) is 4.47. The van der Waals surface area contributed by atoms with Crippen molar-refractivity contribution in [3.8, 4) is 0 Å². The van der Waals surface area contributed by atoms with Gasteiger partial charge in [0, 0.05) is 42.3 Å². The second-order valence-corrected chi connectivity index (χ2v) is 5.31. The van der Waals surface area contributed by atoms with Gasteiger partial charge in [0.25, 0.3) is 0 Å². The third-order valence-corrected chi connectivity index (χ3v) is 3.53. The van der Waals surface area contributed by atoms with E-state index in [0.29, 0.717) is 23.3 Å². The van der Waals surface area contributed by atoms with E-state index in [1.807, 2.05) is 26.0 Å². The number of hydrogen-bond acceptors (Lipinski definition) is 3. The first kappa shape index (κ1) is 17.7. The first-order valence-corrected chi connectivity index (χ1v) is 7.75. The van der Waals surface area contributed by atoms with E-state index in [1.54, 1.807) is 6.07 Å². The fraction of sp³-hybridized carbons (Fsp3) is 0.600. The Morgan fingerprint density at radius 2 is 1.80 bits per heavy atom. The fourth-order valence-corrected chi connectivity index (χ4v) is 2.54. The predicted octanol–water partition coefficient (Wildman–Crippen LogP) is 4.43. The first-order chi connectivity index (χ1) is 9.58. The van der Waals surface area contributed by atoms with Gasteiger partial charge in [0.1, 0.15) is 0 Å². The van der Waals surface area contributed by atoms with Crippen molar-refractivity contribution in [1.29, 1.82) is 0 Å². The van der Waals surface area contributed by atoms with Crippen LogP contribution in [0.15, 0.2) is 18.2 Å². The average Bonchev–Trinajstić information content (AvgIpc) is 2.39. The molecule has 0 aliphatic carbocycles. The van der Waals surface area contributed by atoms with Crippen molar-refractivity contribution in [3.63, 3.8) is 0 Å². The van der Waals surface area contributed by atoms with E-state index in [0.717, 1.165) is 18.5 Å². The zero-order chi connectivity index (χ0) is 15.0. The fourth-order valence-electron chi connectivity index (χ4n) is 1.97. The van der Waals surface area contributed by atoms with Gasteiger partial charge in [0.2, 0.25) is 0 Å². The molecule has 0 saturated heterocycles. The van der Waals surface area contributed by atoms with Gasteiger partial charge in [-0.2, -0.15) is 0 Å². The van der Waals surface area contributed by atoms with Gasteiger partial charge in [-0.05, 0) is 38.5 Å². The minimum absolute atomic E-state index is 0.148. The Hall–Kier alpha value is -0.320. The summed E-state index contributed by atoms with van der Waals surface area (Å²) in [6, 6.07) is 5.72. The minimum atomic E-state index is -0.148. The molecule has 1 aromatic rings. The molecule has 0 fully saturated rings. The molecule has 114 valence electrons. The van der Waals surface area contributed by atoms with Gasteiger partial charge in [-0.1, -0.05) is 29.3 Å². The molecule has 0 bridgehead atoms. The second kappa shape index (κ2) is 9.59. The summed E-state index contributed by atoms with van der Waals surface area (Å²) < 4.78 is 11.0. The van der Waals surface area contributed by atoms with Gasteiger partial charge >= 0.3 is 0 Å². The van der Waals surface area contributed by atoms with Crippen LogP contribution in [-0.2, 0) is 9.47 Å². The monoisotopic (exact) mass is 319 g/mol. The van der Waals surface area contributed by atoms with Crippen LogP contribution in [0, 0.1) is 0 Å². The molecule has 0 spiro atoms. The van der Waals surface area contributed by atoms with Crippen molar-refractivity contribution in [2.45, 2.75) is 39.5 Å². The van der Waals surface area contributed by atoms with E-state index in [1.165, 1.54) is 0 Å². The Kier molecular flexibility index (Phi) is 8.50. The van der Waals surface area contributed by atoms with Gasteiger partial charge in [-0.25, -0.2) is 0 Å². The molecule has 1 atom stereocenters. The lowest BCUT2D eigenvalue weighted by atomic mass is 10.1. The molecule has 1 aromatic carbocycles. The summed E-state index contributed by atoms with van der Waals surface area (Å²) in [4.78, 5) is 0. The van der Waals surface area contributed by atoms with Crippen molar-refractivity contribution in [2.75, 3.05) is 19.8 Å². The topological polar surface area (TPSA) is 30.5 Å². The van der Waals surface area contributed by atoms with Crippen molar-refractivity contribution >= 4 is 23.2 Å². The zero-order valence-electron chi connectivity index (χ0n) is 12.3. The molecule has 0 aliphatic rings. The van der Waals surface area contributed by atoms with Gasteiger partial charge in [-0.15, -0.1) is 0 Å². The lowest BCUT2D eigenvalue weighted by Crippen LogP contribution is -2.26. The van der Waals surface area contributed by atoms with E-state index < -0.39 is 0 Å². The van der Waals surface area contributed by atoms with E-state index in [4.69, 9.17) is 32.7 Å². The molecule has 0 amide bonds. The maximum absolute atomic E-state index is 6.19. The zero-order valence-corrected chi connectivity index (χ0v) is 13.8. The van der Waals surface area contributed by atoms with Gasteiger partial charge in [0.15, 0.2) is 6.29 Å². The van der Waals surface area contributed by atoms with E-state index in [9.17, 15) is 0 Å². The molecule has 0 aromatic heterocycles. The van der Waals surface area contributed by atoms with Crippen LogP contribution in [0.3, 0.4) is 0 Å². The average molecular weight is 320 g/mol. The summed E-state index contributed by atoms with van der Waals surface area (Å²) in [6.45, 7) is 8.12. The van der Waals surface area contributed by atoms with Crippen molar-refractivity contribution in [3.05, 3.63) is 33.8 Å². The lowest BCUT2D eigenvalue weighted by molar-refractivity contribution is -0.138. The maximum atomic E-state index is 6.19. The number of hydrogen-bond donors (Lipinski definition) is 1. The van der Waals surface area contributed by atoms with Crippen molar-refractivity contribution in [1.82, 2.24) is 5.32 Å². The molecular formula is C15H23Cl2NO2. The first-order valence-electron chi connectivity index (χ1n) is 7.00. The molecule has 1 unspecified atom stereocenters. The summed E-state index contributed by atoms with van der Waals surface area (Å²) in [7, 11) is 0. The Labute approximate surface area is 131 Å². The van der Waals surface area contributed by atoms with Crippen molar-refractivity contribution < 1.29 is 9.47 Å². The molecule has 3 nitrogen and oxygen atoms in total. The predicted molar refractivity (Wildman–Crippen MR) is 84.5 cm³/mol. The van der Waals surface area contributed by atoms with Crippen LogP contribution in [0.2, 0.25) is 10.0 Å². The third kappa shape index (κ3) is 5.98. The highest BCUT2D eigenvalue weighted by Gasteiger charge is 2.12. The van der Waals surface area contributed by atoms with Crippen LogP contribution < -0.4 is 5.32 Å². The Bertz CT molecular complexity index is 395. The Balaban J connectivity index is 2.44. The standard InChI is InChI=1S/C15H23Cl2NO2/c1-4-19-15(20-5-2)8-9-18-11(3)13-7-6-12(16)10-14(13)17/h6-7,10-11,15,18H,4-5,8-9H2,1-3H3. The SMILES string of the molecule is CCOC(CCNC(C)c1ccc(Cl)cc1Cl)OCC. The Morgan fingerprint density at radius 1 is 1.15 bits per heavy atom. The number of nitrogens with one attached hydrogen (secondary N) is 1. The van der Waals surface area contributed by atoms with Gasteiger partial charge in [0.05, 0.1) is 0 Å². The summed E-state index contributed by atoms with van der Waals surface area (Å²) in [5, 5.41) is 4.75. The summed E-state index contributed by atoms with van der Waals surface area (Å²) in [5.74, 6) is 0. The van der Waals surface area contributed by atoms with Crippen LogP contribution in [0.1, 0.15) is 38.8 Å². The number of ether oxygens (including phenoxy) is 2. The highest BCUT2D eigenvalue weighted by atomic mass is 35.5. The Morgan fingerprint density at radius 3 is 2.35 bits per heavy atom. The van der Waals surface area contributed by atoms with E-state index in [2.05, 4.69) is 12.2 Å². The van der Waals surface area contributed by atoms with E-state index >= 15 is 0 Å². The van der Waals surface area contributed by atoms with Crippen molar-refractivity contribution in [2.24, 2.45) is 0 Å². The quantitative estimate of drug-likeness (QED) is 0.683. The molecular weight excluding hydrogens is 297 g/mol. The number of halogens is 2. The minimum Gasteiger partial charge on any atom is -0.353 e. The van der Waals surface area contributed by atoms with Crippen LogP contribution in [0.5, 0.6) is 0 Å². The molecule has 0 radical (unpaired) electrons. The largest absolute Gasteiger partial charge is 0.353 e. The van der Waals surface area contributed by atoms with E-state index in [-0.39, 0.29) is 12.3 Å². The molecule has 0 heterocycles. The third-order valence-electron chi connectivity index (χ3n) is 2.96. The lowest BCUT2D eigenvalue weighted by Gasteiger charge is -2.20. The summed E-state index contributed by atoms with van der Waals surface area (Å²) in [5.41, 5.74) is 1.04. The van der Waals surface area contributed by atoms with Crippen LogP contribution in [-0.4, -0.2) is 26.0 Å².